The smallest absolute Gasteiger partial charge is 0.227 e. The first-order valence-corrected chi connectivity index (χ1v) is 10.1. The van der Waals surface area contributed by atoms with Crippen molar-refractivity contribution in [1.82, 2.24) is 9.80 Å². The third kappa shape index (κ3) is 4.67. The number of carbonyl (C=O) groups excluding carboxylic acids is 1. The zero-order chi connectivity index (χ0) is 16.8. The monoisotopic (exact) mass is 348 g/mol. The van der Waals surface area contributed by atoms with Crippen LogP contribution in [0.1, 0.15) is 24.8 Å². The van der Waals surface area contributed by atoms with Crippen LogP contribution in [-0.4, -0.2) is 66.5 Å². The average Bonchev–Trinajstić information content (AvgIpc) is 2.89. The Hall–Kier alpha value is -1.20. The highest BCUT2D eigenvalue weighted by molar-refractivity contribution is 7.99. The van der Waals surface area contributed by atoms with Crippen molar-refractivity contribution in [3.8, 4) is 5.75 Å². The number of methoxy groups -OCH3 is 1. The van der Waals surface area contributed by atoms with E-state index in [0.29, 0.717) is 6.42 Å². The highest BCUT2D eigenvalue weighted by atomic mass is 32.2. The van der Waals surface area contributed by atoms with Gasteiger partial charge in [-0.1, -0.05) is 12.1 Å². The van der Waals surface area contributed by atoms with E-state index in [2.05, 4.69) is 21.6 Å². The fraction of sp³-hybridized carbons (Fsp3) is 0.632. The Morgan fingerprint density at radius 2 is 2.04 bits per heavy atom. The van der Waals surface area contributed by atoms with Crippen LogP contribution < -0.4 is 4.74 Å². The standard InChI is InChI=1S/C19H28N2O2S/c1-23-18-5-2-4-16(14-18)15-19(22)21-9-3-8-20(10-11-21)17-6-12-24-13-7-17/h2,4-5,14,17H,3,6-13,15H2,1H3. The molecule has 0 N–H and O–H groups in total. The van der Waals surface area contributed by atoms with Crippen molar-refractivity contribution in [1.29, 1.82) is 0 Å². The summed E-state index contributed by atoms with van der Waals surface area (Å²) in [7, 11) is 1.66. The van der Waals surface area contributed by atoms with E-state index in [9.17, 15) is 4.79 Å². The second kappa shape index (κ2) is 8.77. The minimum absolute atomic E-state index is 0.240. The first kappa shape index (κ1) is 17.6. The number of hydrogen-bond donors (Lipinski definition) is 0. The van der Waals surface area contributed by atoms with Crippen LogP contribution in [-0.2, 0) is 11.2 Å². The molecule has 0 atom stereocenters. The molecule has 0 bridgehead atoms. The first-order chi connectivity index (χ1) is 11.8. The van der Waals surface area contributed by atoms with E-state index in [1.165, 1.54) is 24.3 Å². The normalized spacial score (nSPS) is 20.6. The lowest BCUT2D eigenvalue weighted by atomic mass is 10.1. The van der Waals surface area contributed by atoms with Gasteiger partial charge in [0.05, 0.1) is 13.5 Å². The maximum absolute atomic E-state index is 12.7. The summed E-state index contributed by atoms with van der Waals surface area (Å²) in [6.45, 7) is 3.92. The van der Waals surface area contributed by atoms with Gasteiger partial charge in [0.25, 0.3) is 0 Å². The van der Waals surface area contributed by atoms with Crippen molar-refractivity contribution >= 4 is 17.7 Å². The second-order valence-corrected chi connectivity index (χ2v) is 7.87. The highest BCUT2D eigenvalue weighted by Gasteiger charge is 2.25. The number of nitrogens with zero attached hydrogens (tertiary/aromatic N) is 2. The molecule has 2 aliphatic rings. The lowest BCUT2D eigenvalue weighted by molar-refractivity contribution is -0.130. The molecule has 0 aliphatic carbocycles. The summed E-state index contributed by atoms with van der Waals surface area (Å²) in [4.78, 5) is 17.3. The van der Waals surface area contributed by atoms with Crippen LogP contribution in [0.25, 0.3) is 0 Å². The topological polar surface area (TPSA) is 32.8 Å². The van der Waals surface area contributed by atoms with E-state index in [4.69, 9.17) is 4.74 Å². The van der Waals surface area contributed by atoms with Crippen molar-refractivity contribution in [3.05, 3.63) is 29.8 Å². The Morgan fingerprint density at radius 3 is 2.83 bits per heavy atom. The van der Waals surface area contributed by atoms with Gasteiger partial charge in [0.15, 0.2) is 0 Å². The summed E-state index contributed by atoms with van der Waals surface area (Å²) in [5.41, 5.74) is 1.03. The minimum atomic E-state index is 0.240. The predicted octanol–water partition coefficient (Wildman–Crippen LogP) is 2.67. The number of hydrogen-bond acceptors (Lipinski definition) is 4. The lowest BCUT2D eigenvalue weighted by Crippen LogP contribution is -2.41. The first-order valence-electron chi connectivity index (χ1n) is 8.99. The van der Waals surface area contributed by atoms with Crippen molar-refractivity contribution in [2.45, 2.75) is 31.7 Å². The maximum atomic E-state index is 12.7. The number of ether oxygens (including phenoxy) is 1. The van der Waals surface area contributed by atoms with Crippen LogP contribution in [0.2, 0.25) is 0 Å². The molecule has 0 aromatic heterocycles. The van der Waals surface area contributed by atoms with Gasteiger partial charge in [-0.05, 0) is 48.5 Å². The van der Waals surface area contributed by atoms with Gasteiger partial charge in [-0.25, -0.2) is 0 Å². The van der Waals surface area contributed by atoms with Crippen LogP contribution in [0, 0.1) is 0 Å². The van der Waals surface area contributed by atoms with Gasteiger partial charge in [-0.3, -0.25) is 9.69 Å². The highest BCUT2D eigenvalue weighted by Crippen LogP contribution is 2.23. The molecule has 0 spiro atoms. The summed E-state index contributed by atoms with van der Waals surface area (Å²) in [5.74, 6) is 3.64. The van der Waals surface area contributed by atoms with Gasteiger partial charge in [-0.15, -0.1) is 0 Å². The molecule has 132 valence electrons. The van der Waals surface area contributed by atoms with Crippen molar-refractivity contribution < 1.29 is 9.53 Å². The molecule has 0 saturated carbocycles. The molecular formula is C19H28N2O2S. The van der Waals surface area contributed by atoms with Crippen LogP contribution in [0.5, 0.6) is 5.75 Å². The van der Waals surface area contributed by atoms with Crippen molar-refractivity contribution in [3.63, 3.8) is 0 Å². The molecule has 4 nitrogen and oxygen atoms in total. The summed E-state index contributed by atoms with van der Waals surface area (Å²) in [6.07, 6.45) is 4.18. The Balaban J connectivity index is 1.53. The van der Waals surface area contributed by atoms with Crippen LogP contribution in [0.4, 0.5) is 0 Å². The third-order valence-electron chi connectivity index (χ3n) is 5.08. The molecule has 0 radical (unpaired) electrons. The van der Waals surface area contributed by atoms with Crippen LogP contribution in [0.3, 0.4) is 0 Å². The van der Waals surface area contributed by atoms with Crippen LogP contribution >= 0.6 is 11.8 Å². The van der Waals surface area contributed by atoms with E-state index >= 15 is 0 Å². The minimum Gasteiger partial charge on any atom is -0.497 e. The van der Waals surface area contributed by atoms with Gasteiger partial charge in [0.1, 0.15) is 5.75 Å². The fourth-order valence-corrected chi connectivity index (χ4v) is 4.75. The van der Waals surface area contributed by atoms with Gasteiger partial charge in [0.2, 0.25) is 5.91 Å². The second-order valence-electron chi connectivity index (χ2n) is 6.64. The van der Waals surface area contributed by atoms with Gasteiger partial charge in [0, 0.05) is 32.2 Å². The molecule has 2 saturated heterocycles. The van der Waals surface area contributed by atoms with E-state index in [1.807, 2.05) is 24.3 Å². The molecular weight excluding hydrogens is 320 g/mol. The number of thioether (sulfide) groups is 1. The average molecular weight is 349 g/mol. The van der Waals surface area contributed by atoms with Gasteiger partial charge in [-0.2, -0.15) is 11.8 Å². The maximum Gasteiger partial charge on any atom is 0.227 e. The Morgan fingerprint density at radius 1 is 1.21 bits per heavy atom. The predicted molar refractivity (Wildman–Crippen MR) is 99.8 cm³/mol. The van der Waals surface area contributed by atoms with Gasteiger partial charge < -0.3 is 9.64 Å². The van der Waals surface area contributed by atoms with Gasteiger partial charge >= 0.3 is 0 Å². The van der Waals surface area contributed by atoms with Crippen molar-refractivity contribution in [2.24, 2.45) is 0 Å². The largest absolute Gasteiger partial charge is 0.497 e. The molecule has 1 aromatic carbocycles. The number of amides is 1. The summed E-state index contributed by atoms with van der Waals surface area (Å²) >= 11 is 2.08. The molecule has 5 heteroatoms. The van der Waals surface area contributed by atoms with E-state index in [-0.39, 0.29) is 5.91 Å². The van der Waals surface area contributed by atoms with E-state index < -0.39 is 0 Å². The molecule has 2 aliphatic heterocycles. The number of carbonyl (C=O) groups is 1. The van der Waals surface area contributed by atoms with E-state index in [0.717, 1.165) is 50.0 Å². The molecule has 0 unspecified atom stereocenters. The Bertz CT molecular complexity index is 546. The number of rotatable bonds is 4. The molecule has 3 rings (SSSR count). The molecule has 2 heterocycles. The fourth-order valence-electron chi connectivity index (χ4n) is 3.67. The van der Waals surface area contributed by atoms with E-state index in [1.54, 1.807) is 7.11 Å². The zero-order valence-electron chi connectivity index (χ0n) is 14.6. The molecule has 1 amide bonds. The molecule has 2 fully saturated rings. The third-order valence-corrected chi connectivity index (χ3v) is 6.13. The number of benzene rings is 1. The summed E-state index contributed by atoms with van der Waals surface area (Å²) in [6, 6.07) is 8.57. The quantitative estimate of drug-likeness (QED) is 0.837. The Kier molecular flexibility index (Phi) is 6.44. The van der Waals surface area contributed by atoms with Crippen LogP contribution in [0.15, 0.2) is 24.3 Å². The summed E-state index contributed by atoms with van der Waals surface area (Å²) < 4.78 is 5.25. The lowest BCUT2D eigenvalue weighted by Gasteiger charge is -2.33. The Labute approximate surface area is 149 Å². The molecule has 24 heavy (non-hydrogen) atoms. The van der Waals surface area contributed by atoms with Crippen molar-refractivity contribution in [2.75, 3.05) is 44.8 Å². The molecule has 1 aromatic rings. The SMILES string of the molecule is COc1cccc(CC(=O)N2CCCN(C3CCSCC3)CC2)c1. The zero-order valence-corrected chi connectivity index (χ0v) is 15.4. The summed E-state index contributed by atoms with van der Waals surface area (Å²) in [5, 5.41) is 0.